The highest BCUT2D eigenvalue weighted by molar-refractivity contribution is 7.88. The van der Waals surface area contributed by atoms with Gasteiger partial charge in [-0.25, -0.2) is 13.1 Å². The van der Waals surface area contributed by atoms with Gasteiger partial charge in [0.25, 0.3) is 0 Å². The standard InChI is InChI=1S/C9H16N4O2S/c1-16(14,15)13-5-4-12-7-2-3-8(10)9(11)6-7/h2-3,6,12-13H,4-5,10-11H2,1H3. The van der Waals surface area contributed by atoms with Crippen molar-refractivity contribution in [1.29, 1.82) is 0 Å². The van der Waals surface area contributed by atoms with Crippen molar-refractivity contribution in [3.8, 4) is 0 Å². The lowest BCUT2D eigenvalue weighted by Crippen LogP contribution is -2.27. The zero-order valence-electron chi connectivity index (χ0n) is 9.03. The van der Waals surface area contributed by atoms with Crippen LogP contribution in [0.15, 0.2) is 18.2 Å². The van der Waals surface area contributed by atoms with E-state index in [1.807, 2.05) is 0 Å². The van der Waals surface area contributed by atoms with Crippen molar-refractivity contribution in [1.82, 2.24) is 4.72 Å². The van der Waals surface area contributed by atoms with Crippen LogP contribution >= 0.6 is 0 Å². The fourth-order valence-corrected chi connectivity index (χ4v) is 1.60. The number of sulfonamides is 1. The minimum Gasteiger partial charge on any atom is -0.397 e. The fourth-order valence-electron chi connectivity index (χ4n) is 1.13. The second-order valence-electron chi connectivity index (χ2n) is 3.44. The van der Waals surface area contributed by atoms with Crippen LogP contribution in [0.1, 0.15) is 0 Å². The summed E-state index contributed by atoms with van der Waals surface area (Å²) < 4.78 is 23.9. The van der Waals surface area contributed by atoms with Gasteiger partial charge in [0.1, 0.15) is 0 Å². The lowest BCUT2D eigenvalue weighted by Gasteiger charge is -2.08. The largest absolute Gasteiger partial charge is 0.397 e. The summed E-state index contributed by atoms with van der Waals surface area (Å²) in [4.78, 5) is 0. The number of hydrogen-bond donors (Lipinski definition) is 4. The third kappa shape index (κ3) is 4.37. The van der Waals surface area contributed by atoms with E-state index in [0.717, 1.165) is 11.9 Å². The minimum atomic E-state index is -3.13. The summed E-state index contributed by atoms with van der Waals surface area (Å²) in [5.41, 5.74) is 13.0. The molecule has 0 fully saturated rings. The van der Waals surface area contributed by atoms with E-state index in [1.54, 1.807) is 18.2 Å². The second-order valence-corrected chi connectivity index (χ2v) is 5.27. The van der Waals surface area contributed by atoms with Crippen molar-refractivity contribution in [3.63, 3.8) is 0 Å². The van der Waals surface area contributed by atoms with Crippen molar-refractivity contribution in [2.24, 2.45) is 0 Å². The Bertz CT molecular complexity index is 459. The predicted octanol–water partition coefficient (Wildman–Crippen LogP) is -0.188. The Morgan fingerprint density at radius 2 is 1.88 bits per heavy atom. The van der Waals surface area contributed by atoms with Crippen LogP contribution in [0.5, 0.6) is 0 Å². The Morgan fingerprint density at radius 1 is 1.19 bits per heavy atom. The van der Waals surface area contributed by atoms with Crippen LogP contribution in [0.4, 0.5) is 17.1 Å². The monoisotopic (exact) mass is 244 g/mol. The first kappa shape index (κ1) is 12.6. The molecule has 1 aromatic rings. The first-order chi connectivity index (χ1) is 7.38. The lowest BCUT2D eigenvalue weighted by atomic mass is 10.2. The maximum Gasteiger partial charge on any atom is 0.208 e. The number of nitrogen functional groups attached to an aromatic ring is 2. The minimum absolute atomic E-state index is 0.323. The molecule has 7 heteroatoms. The zero-order valence-corrected chi connectivity index (χ0v) is 9.84. The highest BCUT2D eigenvalue weighted by Gasteiger charge is 1.99. The van der Waals surface area contributed by atoms with E-state index >= 15 is 0 Å². The Morgan fingerprint density at radius 3 is 2.44 bits per heavy atom. The molecule has 0 radical (unpaired) electrons. The number of nitrogens with one attached hydrogen (secondary N) is 2. The summed E-state index contributed by atoms with van der Waals surface area (Å²) >= 11 is 0. The van der Waals surface area contributed by atoms with E-state index in [2.05, 4.69) is 10.0 Å². The molecule has 0 saturated heterocycles. The SMILES string of the molecule is CS(=O)(=O)NCCNc1ccc(N)c(N)c1. The average Bonchev–Trinajstić information content (AvgIpc) is 2.17. The van der Waals surface area contributed by atoms with Gasteiger partial charge in [0, 0.05) is 18.8 Å². The molecule has 90 valence electrons. The van der Waals surface area contributed by atoms with Crippen molar-refractivity contribution in [2.45, 2.75) is 0 Å². The Kier molecular flexibility index (Phi) is 3.97. The number of anilines is 3. The summed E-state index contributed by atoms with van der Waals surface area (Å²) in [5.74, 6) is 0. The fraction of sp³-hybridized carbons (Fsp3) is 0.333. The molecule has 1 aromatic carbocycles. The maximum absolute atomic E-state index is 10.8. The summed E-state index contributed by atoms with van der Waals surface area (Å²) in [7, 11) is -3.13. The molecule has 0 aliphatic rings. The molecule has 0 atom stereocenters. The number of nitrogens with two attached hydrogens (primary N) is 2. The van der Waals surface area contributed by atoms with Gasteiger partial charge in [0.15, 0.2) is 0 Å². The zero-order chi connectivity index (χ0) is 12.2. The van der Waals surface area contributed by atoms with Crippen LogP contribution < -0.4 is 21.5 Å². The summed E-state index contributed by atoms with van der Waals surface area (Å²) in [6, 6.07) is 5.18. The van der Waals surface area contributed by atoms with Gasteiger partial charge < -0.3 is 16.8 Å². The van der Waals surface area contributed by atoms with Gasteiger partial charge in [-0.15, -0.1) is 0 Å². The normalized spacial score (nSPS) is 11.3. The van der Waals surface area contributed by atoms with E-state index in [9.17, 15) is 8.42 Å². The molecule has 1 rings (SSSR count). The molecule has 0 aromatic heterocycles. The van der Waals surface area contributed by atoms with Crippen LogP contribution in [-0.4, -0.2) is 27.8 Å². The molecule has 0 bridgehead atoms. The van der Waals surface area contributed by atoms with E-state index in [0.29, 0.717) is 24.5 Å². The molecular formula is C9H16N4O2S. The van der Waals surface area contributed by atoms with Gasteiger partial charge in [-0.3, -0.25) is 0 Å². The molecule has 0 amide bonds. The first-order valence-corrected chi connectivity index (χ1v) is 6.61. The van der Waals surface area contributed by atoms with E-state index < -0.39 is 10.0 Å². The molecule has 0 saturated carbocycles. The molecule has 0 heterocycles. The molecule has 6 N–H and O–H groups in total. The molecular weight excluding hydrogens is 228 g/mol. The van der Waals surface area contributed by atoms with Gasteiger partial charge in [0.05, 0.1) is 17.6 Å². The van der Waals surface area contributed by atoms with Gasteiger partial charge in [-0.2, -0.15) is 0 Å². The molecule has 0 unspecified atom stereocenters. The molecule has 0 spiro atoms. The number of rotatable bonds is 5. The third-order valence-electron chi connectivity index (χ3n) is 1.91. The summed E-state index contributed by atoms with van der Waals surface area (Å²) in [6.07, 6.45) is 1.12. The molecule has 6 nitrogen and oxygen atoms in total. The smallest absolute Gasteiger partial charge is 0.208 e. The number of hydrogen-bond acceptors (Lipinski definition) is 5. The predicted molar refractivity (Wildman–Crippen MR) is 66.6 cm³/mol. The van der Waals surface area contributed by atoms with Crippen molar-refractivity contribution in [3.05, 3.63) is 18.2 Å². The first-order valence-electron chi connectivity index (χ1n) is 4.72. The summed E-state index contributed by atoms with van der Waals surface area (Å²) in [5, 5.41) is 3.02. The van der Waals surface area contributed by atoms with Crippen molar-refractivity contribution >= 4 is 27.1 Å². The van der Waals surface area contributed by atoms with E-state index in [1.165, 1.54) is 0 Å². The second kappa shape index (κ2) is 5.04. The average molecular weight is 244 g/mol. The van der Waals surface area contributed by atoms with Crippen LogP contribution in [0.2, 0.25) is 0 Å². The topological polar surface area (TPSA) is 110 Å². The molecule has 0 aliphatic carbocycles. The van der Waals surface area contributed by atoms with Gasteiger partial charge >= 0.3 is 0 Å². The van der Waals surface area contributed by atoms with Crippen LogP contribution in [0.3, 0.4) is 0 Å². The highest BCUT2D eigenvalue weighted by atomic mass is 32.2. The quantitative estimate of drug-likeness (QED) is 0.424. The molecule has 16 heavy (non-hydrogen) atoms. The van der Waals surface area contributed by atoms with Crippen LogP contribution in [0, 0.1) is 0 Å². The van der Waals surface area contributed by atoms with Gasteiger partial charge in [0.2, 0.25) is 10.0 Å². The Hall–Kier alpha value is -1.47. The van der Waals surface area contributed by atoms with Crippen LogP contribution in [0.25, 0.3) is 0 Å². The van der Waals surface area contributed by atoms with Crippen LogP contribution in [-0.2, 0) is 10.0 Å². The third-order valence-corrected chi connectivity index (χ3v) is 2.63. The van der Waals surface area contributed by atoms with Crippen molar-refractivity contribution < 1.29 is 8.42 Å². The Balaban J connectivity index is 2.41. The van der Waals surface area contributed by atoms with E-state index in [-0.39, 0.29) is 0 Å². The van der Waals surface area contributed by atoms with Gasteiger partial charge in [-0.05, 0) is 18.2 Å². The van der Waals surface area contributed by atoms with Gasteiger partial charge in [-0.1, -0.05) is 0 Å². The Labute approximate surface area is 95.1 Å². The van der Waals surface area contributed by atoms with Crippen molar-refractivity contribution in [2.75, 3.05) is 36.1 Å². The van der Waals surface area contributed by atoms with E-state index in [4.69, 9.17) is 11.5 Å². The highest BCUT2D eigenvalue weighted by Crippen LogP contribution is 2.18. The number of benzene rings is 1. The lowest BCUT2D eigenvalue weighted by molar-refractivity contribution is 0.589. The maximum atomic E-state index is 10.8. The summed E-state index contributed by atoms with van der Waals surface area (Å²) in [6.45, 7) is 0.805. The molecule has 0 aliphatic heterocycles.